The zero-order valence-corrected chi connectivity index (χ0v) is 23.2. The Bertz CT molecular complexity index is 2080. The molecule has 0 amide bonds. The highest BCUT2D eigenvalue weighted by Gasteiger charge is 2.21. The molecule has 0 radical (unpaired) electrons. The number of pyridine rings is 2. The summed E-state index contributed by atoms with van der Waals surface area (Å²) in [6.45, 7) is 0.576. The third kappa shape index (κ3) is 5.41. The monoisotopic (exact) mass is 595 g/mol. The van der Waals surface area contributed by atoms with Gasteiger partial charge in [0.2, 0.25) is 5.88 Å². The molecule has 44 heavy (non-hydrogen) atoms. The molecular weight excluding hydrogens is 572 g/mol. The average Bonchev–Trinajstić information content (AvgIpc) is 3.65. The lowest BCUT2D eigenvalue weighted by Gasteiger charge is -2.13. The number of carboxylic acid groups (broad SMARTS) is 1. The summed E-state index contributed by atoms with van der Waals surface area (Å²) >= 11 is 0. The molecule has 0 saturated heterocycles. The van der Waals surface area contributed by atoms with E-state index in [4.69, 9.17) is 14.7 Å². The van der Waals surface area contributed by atoms with Crippen molar-refractivity contribution in [2.45, 2.75) is 19.6 Å². The summed E-state index contributed by atoms with van der Waals surface area (Å²) < 4.78 is 44.3. The number of rotatable bonds is 10. The van der Waals surface area contributed by atoms with Crippen molar-refractivity contribution < 1.29 is 28.2 Å². The van der Waals surface area contributed by atoms with Gasteiger partial charge in [-0.1, -0.05) is 12.1 Å². The molecule has 0 aliphatic rings. The molecule has 220 valence electrons. The van der Waals surface area contributed by atoms with Crippen molar-refractivity contribution in [2.24, 2.45) is 0 Å². The zero-order chi connectivity index (χ0) is 30.8. The number of aromatic carboxylic acids is 1. The van der Waals surface area contributed by atoms with E-state index in [0.717, 1.165) is 6.07 Å². The molecule has 0 atom stereocenters. The topological polar surface area (TPSA) is 140 Å². The molecule has 13 heteroatoms. The van der Waals surface area contributed by atoms with Gasteiger partial charge in [0.15, 0.2) is 5.65 Å². The number of methoxy groups -OCH3 is 1. The Labute approximate surface area is 248 Å². The second-order valence-electron chi connectivity index (χ2n) is 9.77. The van der Waals surface area contributed by atoms with Crippen molar-refractivity contribution >= 4 is 22.6 Å². The Balaban J connectivity index is 1.33. The van der Waals surface area contributed by atoms with Crippen molar-refractivity contribution in [1.82, 2.24) is 29.1 Å². The molecular formula is C31H23F2N7O4. The summed E-state index contributed by atoms with van der Waals surface area (Å²) in [6, 6.07) is 16.9. The Hall–Kier alpha value is -5.74. The maximum absolute atomic E-state index is 15.9. The van der Waals surface area contributed by atoms with E-state index in [0.29, 0.717) is 46.9 Å². The number of imidazole rings is 1. The minimum atomic E-state index is -1.07. The average molecular weight is 596 g/mol. The summed E-state index contributed by atoms with van der Waals surface area (Å²) in [5, 5.41) is 22.7. The van der Waals surface area contributed by atoms with Crippen LogP contribution in [0.4, 0.5) is 8.78 Å². The quantitative estimate of drug-likeness (QED) is 0.236. The van der Waals surface area contributed by atoms with Crippen molar-refractivity contribution in [1.29, 1.82) is 5.26 Å². The first-order valence-electron chi connectivity index (χ1n) is 13.4. The van der Waals surface area contributed by atoms with Gasteiger partial charge in [0.1, 0.15) is 30.4 Å². The molecule has 4 aromatic heterocycles. The third-order valence-electron chi connectivity index (χ3n) is 7.07. The smallest absolute Gasteiger partial charge is 0.335 e. The summed E-state index contributed by atoms with van der Waals surface area (Å²) in [4.78, 5) is 25.1. The van der Waals surface area contributed by atoms with Crippen molar-refractivity contribution in [2.75, 3.05) is 13.7 Å². The molecule has 6 aromatic rings. The molecule has 0 saturated carbocycles. The minimum absolute atomic E-state index is 0.0273. The summed E-state index contributed by atoms with van der Waals surface area (Å²) in [5.74, 6) is -1.54. The highest BCUT2D eigenvalue weighted by Crippen LogP contribution is 2.28. The fraction of sp³-hybridized carbons (Fsp3) is 0.161. The molecule has 0 fully saturated rings. The second-order valence-corrected chi connectivity index (χ2v) is 9.77. The summed E-state index contributed by atoms with van der Waals surface area (Å²) in [5.41, 5.74) is 2.97. The lowest BCUT2D eigenvalue weighted by molar-refractivity contribution is 0.0697. The molecule has 0 unspecified atom stereocenters. The van der Waals surface area contributed by atoms with Gasteiger partial charge < -0.3 is 19.1 Å². The van der Waals surface area contributed by atoms with Gasteiger partial charge >= 0.3 is 5.97 Å². The van der Waals surface area contributed by atoms with Crippen LogP contribution in [0.1, 0.15) is 33.0 Å². The number of benzene rings is 2. The van der Waals surface area contributed by atoms with Gasteiger partial charge in [0, 0.05) is 30.8 Å². The van der Waals surface area contributed by atoms with E-state index in [2.05, 4.69) is 20.1 Å². The van der Waals surface area contributed by atoms with Crippen LogP contribution < -0.4 is 4.74 Å². The summed E-state index contributed by atoms with van der Waals surface area (Å²) in [7, 11) is 1.55. The largest absolute Gasteiger partial charge is 0.478 e. The molecule has 0 bridgehead atoms. The van der Waals surface area contributed by atoms with Crippen molar-refractivity contribution in [3.8, 4) is 23.2 Å². The number of nitriles is 1. The van der Waals surface area contributed by atoms with Gasteiger partial charge in [0.05, 0.1) is 52.6 Å². The van der Waals surface area contributed by atoms with E-state index in [9.17, 15) is 14.3 Å². The Kier molecular flexibility index (Phi) is 7.65. The second kappa shape index (κ2) is 11.9. The van der Waals surface area contributed by atoms with Crippen LogP contribution in [0, 0.1) is 23.0 Å². The number of hydrogen-bond acceptors (Lipinski definition) is 8. The van der Waals surface area contributed by atoms with E-state index in [-0.39, 0.29) is 41.3 Å². The van der Waals surface area contributed by atoms with E-state index in [1.165, 1.54) is 41.2 Å². The number of fused-ring (bicyclic) bond motifs is 2. The van der Waals surface area contributed by atoms with Gasteiger partial charge in [0.25, 0.3) is 0 Å². The van der Waals surface area contributed by atoms with E-state index in [1.54, 1.807) is 35.9 Å². The molecule has 4 heterocycles. The molecule has 11 nitrogen and oxygen atoms in total. The van der Waals surface area contributed by atoms with Crippen molar-refractivity contribution in [3.63, 3.8) is 0 Å². The fourth-order valence-corrected chi connectivity index (χ4v) is 4.90. The van der Waals surface area contributed by atoms with Gasteiger partial charge in [-0.2, -0.15) is 10.4 Å². The number of halogens is 2. The maximum Gasteiger partial charge on any atom is 0.335 e. The van der Waals surface area contributed by atoms with Crippen LogP contribution in [0.2, 0.25) is 0 Å². The van der Waals surface area contributed by atoms with Crippen LogP contribution in [0.3, 0.4) is 0 Å². The number of aromatic nitrogens is 6. The molecule has 0 spiro atoms. The Morgan fingerprint density at radius 1 is 1.07 bits per heavy atom. The highest BCUT2D eigenvalue weighted by atomic mass is 19.1. The predicted octanol–water partition coefficient (Wildman–Crippen LogP) is 4.81. The lowest BCUT2D eigenvalue weighted by Crippen LogP contribution is -2.12. The summed E-state index contributed by atoms with van der Waals surface area (Å²) in [6.07, 6.45) is 1.34. The first kappa shape index (κ1) is 28.4. The maximum atomic E-state index is 15.9. The van der Waals surface area contributed by atoms with E-state index < -0.39 is 17.6 Å². The molecule has 0 aliphatic heterocycles. The number of hydrogen-bond donors (Lipinski definition) is 1. The van der Waals surface area contributed by atoms with Crippen LogP contribution >= 0.6 is 0 Å². The SMILES string of the molecule is COCCn1c(Cc2c(F)cc(-c3cccc(OCc4ccc(C#N)cc4F)n3)c3ncnn23)nc2ccc(C(=O)O)cc21. The van der Waals surface area contributed by atoms with Gasteiger partial charge in [-0.25, -0.2) is 33.0 Å². The standard InChI is InChI=1S/C31H23F2N7O4/c1-43-10-9-39-27-12-19(31(41)42)7-8-25(27)37-28(39)14-26-23(33)13-21(30-35-17-36-40(26)30)24-3-2-4-29(38-24)44-16-20-6-5-18(15-34)11-22(20)32/h2-8,11-13,17H,9-10,14,16H2,1H3,(H,41,42). The fourth-order valence-electron chi connectivity index (χ4n) is 4.90. The van der Waals surface area contributed by atoms with Gasteiger partial charge in [-0.05, 0) is 42.5 Å². The van der Waals surface area contributed by atoms with Crippen LogP contribution in [-0.4, -0.2) is 53.9 Å². The van der Waals surface area contributed by atoms with Gasteiger partial charge in [-0.15, -0.1) is 0 Å². The number of carbonyl (C=O) groups is 1. The minimum Gasteiger partial charge on any atom is -0.478 e. The highest BCUT2D eigenvalue weighted by molar-refractivity contribution is 5.92. The van der Waals surface area contributed by atoms with Crippen LogP contribution in [0.25, 0.3) is 27.9 Å². The lowest BCUT2D eigenvalue weighted by atomic mass is 10.1. The number of nitrogens with zero attached hydrogens (tertiary/aromatic N) is 7. The van der Waals surface area contributed by atoms with Gasteiger partial charge in [-0.3, -0.25) is 0 Å². The van der Waals surface area contributed by atoms with E-state index in [1.807, 2.05) is 6.07 Å². The number of ether oxygens (including phenoxy) is 2. The van der Waals surface area contributed by atoms with Crippen LogP contribution in [0.15, 0.2) is 67.0 Å². The number of carboxylic acids is 1. The molecule has 0 aliphatic carbocycles. The Morgan fingerprint density at radius 3 is 2.70 bits per heavy atom. The predicted molar refractivity (Wildman–Crippen MR) is 153 cm³/mol. The first-order chi connectivity index (χ1) is 21.4. The third-order valence-corrected chi connectivity index (χ3v) is 7.07. The zero-order valence-electron chi connectivity index (χ0n) is 23.2. The van der Waals surface area contributed by atoms with Crippen molar-refractivity contribution in [3.05, 3.63) is 107 Å². The molecule has 2 aromatic carbocycles. The Morgan fingerprint density at radius 2 is 1.93 bits per heavy atom. The normalized spacial score (nSPS) is 11.2. The van der Waals surface area contributed by atoms with E-state index >= 15 is 4.39 Å². The van der Waals surface area contributed by atoms with Crippen LogP contribution in [-0.2, 0) is 24.3 Å². The first-order valence-corrected chi connectivity index (χ1v) is 13.4. The van der Waals surface area contributed by atoms with Crippen LogP contribution in [0.5, 0.6) is 5.88 Å². The molecule has 1 N–H and O–H groups in total. The molecule has 6 rings (SSSR count).